The van der Waals surface area contributed by atoms with Crippen molar-refractivity contribution >= 4 is 96.9 Å². The van der Waals surface area contributed by atoms with Gasteiger partial charge in [-0.1, -0.05) is 55.7 Å². The monoisotopic (exact) mass is 1720 g/mol. The van der Waals surface area contributed by atoms with Crippen molar-refractivity contribution in [1.29, 1.82) is 0 Å². The molecule has 1 saturated carbocycles. The number of unbranched alkanes of at least 4 members (excludes halogenated alkanes) is 2. The van der Waals surface area contributed by atoms with Crippen LogP contribution in [0.2, 0.25) is 0 Å². The summed E-state index contributed by atoms with van der Waals surface area (Å²) in [5.41, 5.74) is 19.5. The first-order valence-electron chi connectivity index (χ1n) is 44.6. The second kappa shape index (κ2) is 43.9. The minimum absolute atomic E-state index is 0.0283. The van der Waals surface area contributed by atoms with Crippen molar-refractivity contribution in [2.24, 2.45) is 5.73 Å². The van der Waals surface area contributed by atoms with Gasteiger partial charge in [-0.05, 0) is 214 Å². The van der Waals surface area contributed by atoms with E-state index in [0.29, 0.717) is 86.1 Å². The summed E-state index contributed by atoms with van der Waals surface area (Å²) in [6, 6.07) is 47.3. The lowest BCUT2D eigenvalue weighted by Crippen LogP contribution is -2.52. The normalized spacial score (nSPS) is 14.1. The van der Waals surface area contributed by atoms with Crippen molar-refractivity contribution in [3.8, 4) is 62.8 Å². The van der Waals surface area contributed by atoms with Crippen LogP contribution in [-0.4, -0.2) is 294 Å². The zero-order valence-corrected chi connectivity index (χ0v) is 73.4. The summed E-state index contributed by atoms with van der Waals surface area (Å²) >= 11 is 0. The number of imidazole rings is 4. The SMILES string of the molecule is CNCCCCN(CC(=O)N(CCCNC(=O)CCCOc1cccc(-c2nc3ccc(-c4nc5cc(N6CCN(C)CC6)ccc5[nH]4)cc3[nH]2)c1)CC(N)=O)C(=O)CN(Cc1ccc(OC)cc1)C(=O)CN(CCCCNC)C(=O)CN(C(=O)CCCOc1cccc(-c2nc3ccc(-c4nc5cc(N6CCN(C)CC6)ccc5[nH]4)cc3[nH]2)c1)C1CCCCC1. The Morgan fingerprint density at radius 1 is 0.429 bits per heavy atom. The van der Waals surface area contributed by atoms with Crippen molar-refractivity contribution in [3.63, 3.8) is 0 Å². The number of aromatic nitrogens is 8. The zero-order valence-electron chi connectivity index (χ0n) is 73.4. The van der Waals surface area contributed by atoms with Gasteiger partial charge in [0, 0.05) is 138 Å². The lowest BCUT2D eigenvalue weighted by Gasteiger charge is -2.36. The molecule has 0 radical (unpaired) electrons. The van der Waals surface area contributed by atoms with E-state index in [1.807, 2.05) is 86.9 Å². The Kier molecular flexibility index (Phi) is 31.3. The number of methoxy groups -OCH3 is 1. The Hall–Kier alpha value is -12.5. The molecule has 11 aromatic rings. The van der Waals surface area contributed by atoms with Crippen LogP contribution in [0.4, 0.5) is 11.4 Å². The molecule has 14 rings (SSSR count). The van der Waals surface area contributed by atoms with E-state index in [0.717, 1.165) is 162 Å². The standard InChI is InChI=1S/C95H121N21O10/c1-97-38-9-11-41-113(62-88(120)112(61-85(96)117)43-17-40-99-86(118)24-15-52-125-75-22-13-18-67(54-75)92-100-77-34-28-69(56-81(77)104-92)94-102-79-36-30-72(58-83(79)106-94)110-48-44-108(3)45-49-110)89(121)64-115(60-66-26-32-74(124-5)33-27-66)90(122)63-114(42-12-10-39-98-2)91(123)65-116(71-20-7-6-8-21-71)87(119)25-16-53-126-76-23-14-19-68(55-76)93-101-78-35-29-70(57-82(78)105-93)95-103-80-37-31-73(59-84(80)107-95)111-50-46-109(4)47-51-111/h13-14,18-19,22-23,26-37,54-59,71,97-98H,6-12,15-17,20-21,24-25,38-53,60-65H2,1-5H3,(H2,96,117)(H,99,118)(H,100,104)(H,101,105)(H,102,106)(H,103,107). The number of fused-ring (bicyclic) bond motifs is 4. The number of ether oxygens (including phenoxy) is 3. The molecular weight excluding hydrogens is 1600 g/mol. The van der Waals surface area contributed by atoms with E-state index in [1.54, 1.807) is 36.3 Å². The number of nitrogens with one attached hydrogen (secondary N) is 7. The Morgan fingerprint density at radius 3 is 1.38 bits per heavy atom. The smallest absolute Gasteiger partial charge is 0.242 e. The molecule has 0 spiro atoms. The van der Waals surface area contributed by atoms with Crippen molar-refractivity contribution in [2.75, 3.05) is 183 Å². The second-order valence-corrected chi connectivity index (χ2v) is 33.4. The van der Waals surface area contributed by atoms with E-state index in [9.17, 15) is 19.2 Å². The number of primary amides is 1. The third kappa shape index (κ3) is 24.4. The van der Waals surface area contributed by atoms with E-state index in [-0.39, 0.29) is 102 Å². The summed E-state index contributed by atoms with van der Waals surface area (Å²) in [4.78, 5) is 151. The fourth-order valence-electron chi connectivity index (χ4n) is 16.7. The van der Waals surface area contributed by atoms with Gasteiger partial charge < -0.3 is 99.9 Å². The molecule has 7 amide bonds. The number of nitrogens with zero attached hydrogens (tertiary/aromatic N) is 13. The number of rotatable bonds is 44. The Labute approximate surface area is 735 Å². The molecule has 31 nitrogen and oxygen atoms in total. The summed E-state index contributed by atoms with van der Waals surface area (Å²) < 4.78 is 17.9. The van der Waals surface area contributed by atoms with E-state index in [2.05, 4.69) is 118 Å². The first-order valence-corrected chi connectivity index (χ1v) is 44.6. The van der Waals surface area contributed by atoms with Gasteiger partial charge >= 0.3 is 0 Å². The second-order valence-electron chi connectivity index (χ2n) is 33.4. The van der Waals surface area contributed by atoms with Crippen LogP contribution < -0.4 is 45.7 Å². The maximum Gasteiger partial charge on any atom is 0.242 e. The van der Waals surface area contributed by atoms with Crippen LogP contribution in [0.5, 0.6) is 17.2 Å². The number of H-pyrrole nitrogens is 4. The number of carbonyl (C=O) groups excluding carboxylic acids is 7. The minimum Gasteiger partial charge on any atom is -0.497 e. The van der Waals surface area contributed by atoms with Gasteiger partial charge in [0.1, 0.15) is 53.6 Å². The fourth-order valence-corrected chi connectivity index (χ4v) is 16.7. The number of hydrogen-bond acceptors (Lipinski definition) is 20. The third-order valence-electron chi connectivity index (χ3n) is 24.1. The molecule has 31 heteroatoms. The first-order chi connectivity index (χ1) is 61.3. The number of likely N-dealkylation sites (N-methyl/N-ethyl adjacent to an activating group) is 2. The number of benzene rings is 7. The van der Waals surface area contributed by atoms with Crippen LogP contribution in [0.25, 0.3) is 89.7 Å². The van der Waals surface area contributed by atoms with E-state index < -0.39 is 43.3 Å². The van der Waals surface area contributed by atoms with Crippen molar-refractivity contribution < 1.29 is 47.8 Å². The summed E-state index contributed by atoms with van der Waals surface area (Å²) in [6.45, 7) is 8.47. The van der Waals surface area contributed by atoms with Crippen LogP contribution >= 0.6 is 0 Å². The lowest BCUT2D eigenvalue weighted by atomic mass is 9.93. The van der Waals surface area contributed by atoms with Gasteiger partial charge in [0.05, 0.1) is 84.1 Å². The molecular formula is C95H121N21O10. The van der Waals surface area contributed by atoms with Gasteiger partial charge in [-0.25, -0.2) is 19.9 Å². The average molecular weight is 1720 g/mol. The van der Waals surface area contributed by atoms with Crippen LogP contribution in [0, 0.1) is 0 Å². The quantitative estimate of drug-likeness (QED) is 0.0165. The Morgan fingerprint density at radius 2 is 0.881 bits per heavy atom. The highest BCUT2D eigenvalue weighted by Crippen LogP contribution is 2.34. The van der Waals surface area contributed by atoms with Crippen LogP contribution in [0.3, 0.4) is 0 Å². The molecule has 126 heavy (non-hydrogen) atoms. The molecule has 2 saturated heterocycles. The number of hydrogen-bond donors (Lipinski definition) is 8. The highest BCUT2D eigenvalue weighted by molar-refractivity contribution is 5.94. The van der Waals surface area contributed by atoms with Crippen molar-refractivity contribution in [1.82, 2.24) is 90.1 Å². The van der Waals surface area contributed by atoms with Crippen molar-refractivity contribution in [3.05, 3.63) is 151 Å². The molecule has 666 valence electrons. The van der Waals surface area contributed by atoms with Crippen LogP contribution in [0.15, 0.2) is 146 Å². The molecule has 9 N–H and O–H groups in total. The summed E-state index contributed by atoms with van der Waals surface area (Å²) in [7, 11) is 9.55. The molecule has 2 aliphatic heterocycles. The highest BCUT2D eigenvalue weighted by Gasteiger charge is 2.33. The highest BCUT2D eigenvalue weighted by atomic mass is 16.5. The summed E-state index contributed by atoms with van der Waals surface area (Å²) in [5.74, 6) is 1.63. The van der Waals surface area contributed by atoms with Crippen LogP contribution in [-0.2, 0) is 40.1 Å². The summed E-state index contributed by atoms with van der Waals surface area (Å²) in [5, 5.41) is 9.24. The lowest BCUT2D eigenvalue weighted by molar-refractivity contribution is -0.148. The molecule has 0 atom stereocenters. The Balaban J connectivity index is 0.568. The Bertz CT molecular complexity index is 5510. The van der Waals surface area contributed by atoms with Gasteiger partial charge in [-0.3, -0.25) is 33.6 Å². The first kappa shape index (κ1) is 89.8. The van der Waals surface area contributed by atoms with Crippen LogP contribution in [0.1, 0.15) is 95.5 Å². The molecule has 0 unspecified atom stereocenters. The van der Waals surface area contributed by atoms with Gasteiger partial charge in [-0.15, -0.1) is 0 Å². The fraction of sp³-hybridized carbons (Fsp3) is 0.442. The predicted octanol–water partition coefficient (Wildman–Crippen LogP) is 10.1. The average Bonchev–Trinajstić information content (AvgIpc) is 1.64. The molecule has 4 aromatic heterocycles. The predicted molar refractivity (Wildman–Crippen MR) is 492 cm³/mol. The summed E-state index contributed by atoms with van der Waals surface area (Å²) in [6.07, 6.45) is 8.12. The van der Waals surface area contributed by atoms with E-state index >= 15 is 14.4 Å². The minimum atomic E-state index is -0.756. The maximum absolute atomic E-state index is 15.2. The molecule has 6 heterocycles. The molecule has 0 bridgehead atoms. The van der Waals surface area contributed by atoms with Gasteiger partial charge in [0.25, 0.3) is 0 Å². The molecule has 1 aliphatic carbocycles. The number of aromatic amines is 4. The number of nitrogens with two attached hydrogens (primary N) is 1. The topological polar surface area (TPSA) is 353 Å². The number of carbonyl (C=O) groups is 7. The molecule has 3 aliphatic rings. The maximum atomic E-state index is 15.2. The van der Waals surface area contributed by atoms with Crippen molar-refractivity contribution in [2.45, 2.75) is 102 Å². The number of piperazine rings is 2. The number of anilines is 2. The third-order valence-corrected chi connectivity index (χ3v) is 24.1. The molecule has 3 fully saturated rings. The molecule has 7 aromatic carbocycles. The van der Waals surface area contributed by atoms with Gasteiger partial charge in [0.2, 0.25) is 41.4 Å². The zero-order chi connectivity index (χ0) is 87.8. The van der Waals surface area contributed by atoms with Gasteiger partial charge in [-0.2, -0.15) is 0 Å². The number of amides is 7. The van der Waals surface area contributed by atoms with E-state index in [1.165, 1.54) is 31.0 Å². The van der Waals surface area contributed by atoms with E-state index in [4.69, 9.17) is 39.9 Å². The largest absolute Gasteiger partial charge is 0.497 e. The van der Waals surface area contributed by atoms with Gasteiger partial charge in [0.15, 0.2) is 0 Å².